The molecule has 0 aliphatic carbocycles. The van der Waals surface area contributed by atoms with Crippen molar-refractivity contribution in [2.45, 2.75) is 25.7 Å². The molecule has 0 spiro atoms. The van der Waals surface area contributed by atoms with Gasteiger partial charge in [-0.25, -0.2) is 9.97 Å². The molecule has 4 heterocycles. The summed E-state index contributed by atoms with van der Waals surface area (Å²) in [7, 11) is 0. The summed E-state index contributed by atoms with van der Waals surface area (Å²) in [5.41, 5.74) is 1.20. The van der Waals surface area contributed by atoms with Crippen molar-refractivity contribution in [1.82, 2.24) is 14.9 Å². The lowest BCUT2D eigenvalue weighted by Crippen LogP contribution is -2.49. The van der Waals surface area contributed by atoms with E-state index in [1.807, 2.05) is 41.6 Å². The number of piperazine rings is 1. The van der Waals surface area contributed by atoms with Crippen LogP contribution in [-0.2, 0) is 11.2 Å². The Morgan fingerprint density at radius 1 is 0.852 bits per heavy atom. The standard InChI is InChI=1S/C21H27N5O/c27-21(26-15-13-25(14-16-26)19-5-1-2-9-22-19)7-6-18-8-10-23-20(17-18)24-11-3-4-12-24/h1-2,5,8-10,17H,3-4,6-7,11-16H2. The number of nitrogens with zero attached hydrogens (tertiary/aromatic N) is 5. The molecule has 2 saturated heterocycles. The number of carbonyl (C=O) groups is 1. The average Bonchev–Trinajstić information content (AvgIpc) is 3.28. The summed E-state index contributed by atoms with van der Waals surface area (Å²) in [5, 5.41) is 0. The summed E-state index contributed by atoms with van der Waals surface area (Å²) >= 11 is 0. The lowest BCUT2D eigenvalue weighted by atomic mass is 10.1. The minimum atomic E-state index is 0.246. The number of aromatic nitrogens is 2. The molecule has 27 heavy (non-hydrogen) atoms. The smallest absolute Gasteiger partial charge is 0.223 e. The van der Waals surface area contributed by atoms with Crippen molar-refractivity contribution in [2.24, 2.45) is 0 Å². The molecule has 0 bridgehead atoms. The summed E-state index contributed by atoms with van der Waals surface area (Å²) in [4.78, 5) is 28.1. The summed E-state index contributed by atoms with van der Waals surface area (Å²) in [6.45, 7) is 5.41. The summed E-state index contributed by atoms with van der Waals surface area (Å²) in [5.74, 6) is 2.30. The zero-order valence-electron chi connectivity index (χ0n) is 15.8. The molecule has 142 valence electrons. The van der Waals surface area contributed by atoms with Crippen LogP contribution in [0.1, 0.15) is 24.8 Å². The molecule has 2 aliphatic rings. The molecule has 6 nitrogen and oxygen atoms in total. The minimum absolute atomic E-state index is 0.246. The first-order valence-corrected chi connectivity index (χ1v) is 9.93. The van der Waals surface area contributed by atoms with Crippen molar-refractivity contribution >= 4 is 17.5 Å². The second kappa shape index (κ2) is 8.37. The van der Waals surface area contributed by atoms with E-state index >= 15 is 0 Å². The number of hydrogen-bond acceptors (Lipinski definition) is 5. The normalized spacial score (nSPS) is 17.4. The van der Waals surface area contributed by atoms with Crippen LogP contribution in [0.5, 0.6) is 0 Å². The number of rotatable bonds is 5. The van der Waals surface area contributed by atoms with Gasteiger partial charge in [0.2, 0.25) is 5.91 Å². The van der Waals surface area contributed by atoms with Gasteiger partial charge >= 0.3 is 0 Å². The van der Waals surface area contributed by atoms with Gasteiger partial charge in [-0.15, -0.1) is 0 Å². The summed E-state index contributed by atoms with van der Waals surface area (Å²) in [6, 6.07) is 10.1. The van der Waals surface area contributed by atoms with Gasteiger partial charge in [0.05, 0.1) is 0 Å². The zero-order valence-corrected chi connectivity index (χ0v) is 15.8. The molecule has 2 fully saturated rings. The van der Waals surface area contributed by atoms with Crippen LogP contribution >= 0.6 is 0 Å². The number of hydrogen-bond donors (Lipinski definition) is 0. The Hall–Kier alpha value is -2.63. The fourth-order valence-corrected chi connectivity index (χ4v) is 3.87. The molecule has 2 aromatic rings. The van der Waals surface area contributed by atoms with Crippen LogP contribution in [0.25, 0.3) is 0 Å². The van der Waals surface area contributed by atoms with Crippen LogP contribution in [0.15, 0.2) is 42.7 Å². The minimum Gasteiger partial charge on any atom is -0.357 e. The van der Waals surface area contributed by atoms with Crippen molar-refractivity contribution in [1.29, 1.82) is 0 Å². The number of pyridine rings is 2. The maximum absolute atomic E-state index is 12.6. The zero-order chi connectivity index (χ0) is 18.5. The number of anilines is 2. The third kappa shape index (κ3) is 4.38. The quantitative estimate of drug-likeness (QED) is 0.814. The number of carbonyl (C=O) groups excluding carboxylic acids is 1. The van der Waals surface area contributed by atoms with E-state index < -0.39 is 0 Å². The molecule has 1 amide bonds. The fraction of sp³-hybridized carbons (Fsp3) is 0.476. The highest BCUT2D eigenvalue weighted by Crippen LogP contribution is 2.19. The first kappa shape index (κ1) is 17.8. The van der Waals surface area contributed by atoms with Crippen LogP contribution in [0, 0.1) is 0 Å². The van der Waals surface area contributed by atoms with E-state index in [2.05, 4.69) is 25.8 Å². The van der Waals surface area contributed by atoms with Crippen LogP contribution < -0.4 is 9.80 Å². The highest BCUT2D eigenvalue weighted by atomic mass is 16.2. The van der Waals surface area contributed by atoms with E-state index in [9.17, 15) is 4.79 Å². The first-order valence-electron chi connectivity index (χ1n) is 9.93. The molecule has 6 heteroatoms. The van der Waals surface area contributed by atoms with Gasteiger partial charge in [-0.3, -0.25) is 4.79 Å². The molecular weight excluding hydrogens is 338 g/mol. The fourth-order valence-electron chi connectivity index (χ4n) is 3.87. The SMILES string of the molecule is O=C(CCc1ccnc(N2CCCC2)c1)N1CCN(c2ccccn2)CC1. The van der Waals surface area contributed by atoms with E-state index in [1.165, 1.54) is 18.4 Å². The average molecular weight is 365 g/mol. The van der Waals surface area contributed by atoms with E-state index in [0.717, 1.165) is 57.3 Å². The van der Waals surface area contributed by atoms with Crippen molar-refractivity contribution < 1.29 is 4.79 Å². The Balaban J connectivity index is 1.27. The molecule has 0 radical (unpaired) electrons. The predicted molar refractivity (Wildman–Crippen MR) is 107 cm³/mol. The number of aryl methyl sites for hydroxylation is 1. The molecule has 0 saturated carbocycles. The van der Waals surface area contributed by atoms with Gasteiger partial charge in [-0.1, -0.05) is 6.07 Å². The molecule has 0 N–H and O–H groups in total. The van der Waals surface area contributed by atoms with E-state index in [4.69, 9.17) is 0 Å². The van der Waals surface area contributed by atoms with Crippen LogP contribution in [0.2, 0.25) is 0 Å². The molecule has 2 aliphatic heterocycles. The van der Waals surface area contributed by atoms with E-state index in [0.29, 0.717) is 6.42 Å². The Bertz CT molecular complexity index is 752. The van der Waals surface area contributed by atoms with E-state index in [1.54, 1.807) is 0 Å². The molecule has 0 unspecified atom stereocenters. The van der Waals surface area contributed by atoms with Gasteiger partial charge < -0.3 is 14.7 Å². The second-order valence-corrected chi connectivity index (χ2v) is 7.27. The molecular formula is C21H27N5O. The van der Waals surface area contributed by atoms with Gasteiger partial charge in [0.15, 0.2) is 0 Å². The van der Waals surface area contributed by atoms with Crippen molar-refractivity contribution in [3.05, 3.63) is 48.3 Å². The third-order valence-corrected chi connectivity index (χ3v) is 5.47. The highest BCUT2D eigenvalue weighted by Gasteiger charge is 2.21. The van der Waals surface area contributed by atoms with Crippen molar-refractivity contribution in [3.63, 3.8) is 0 Å². The highest BCUT2D eigenvalue weighted by molar-refractivity contribution is 5.76. The molecule has 2 aromatic heterocycles. The second-order valence-electron chi connectivity index (χ2n) is 7.27. The van der Waals surface area contributed by atoms with E-state index in [-0.39, 0.29) is 5.91 Å². The first-order chi connectivity index (χ1) is 13.3. The van der Waals surface area contributed by atoms with Crippen LogP contribution in [0.3, 0.4) is 0 Å². The lowest BCUT2D eigenvalue weighted by molar-refractivity contribution is -0.131. The number of amides is 1. The van der Waals surface area contributed by atoms with Crippen LogP contribution in [-0.4, -0.2) is 60.0 Å². The maximum atomic E-state index is 12.6. The largest absolute Gasteiger partial charge is 0.357 e. The van der Waals surface area contributed by atoms with Gasteiger partial charge in [0, 0.05) is 58.1 Å². The molecule has 0 aromatic carbocycles. The maximum Gasteiger partial charge on any atom is 0.223 e. The monoisotopic (exact) mass is 365 g/mol. The molecule has 4 rings (SSSR count). The van der Waals surface area contributed by atoms with Gasteiger partial charge in [0.1, 0.15) is 11.6 Å². The van der Waals surface area contributed by atoms with Gasteiger partial charge in [-0.05, 0) is 49.1 Å². The Labute approximate surface area is 160 Å². The topological polar surface area (TPSA) is 52.6 Å². The summed E-state index contributed by atoms with van der Waals surface area (Å²) < 4.78 is 0. The predicted octanol–water partition coefficient (Wildman–Crippen LogP) is 2.36. The van der Waals surface area contributed by atoms with Crippen molar-refractivity contribution in [3.8, 4) is 0 Å². The third-order valence-electron chi connectivity index (χ3n) is 5.47. The lowest BCUT2D eigenvalue weighted by Gasteiger charge is -2.35. The van der Waals surface area contributed by atoms with Crippen molar-refractivity contribution in [2.75, 3.05) is 49.1 Å². The van der Waals surface area contributed by atoms with Gasteiger partial charge in [-0.2, -0.15) is 0 Å². The Morgan fingerprint density at radius 2 is 1.59 bits per heavy atom. The summed E-state index contributed by atoms with van der Waals surface area (Å²) in [6.07, 6.45) is 7.52. The Kier molecular flexibility index (Phi) is 5.51. The Morgan fingerprint density at radius 3 is 2.33 bits per heavy atom. The van der Waals surface area contributed by atoms with Crippen LogP contribution in [0.4, 0.5) is 11.6 Å². The molecule has 0 atom stereocenters. The van der Waals surface area contributed by atoms with Gasteiger partial charge in [0.25, 0.3) is 0 Å².